The highest BCUT2D eigenvalue weighted by molar-refractivity contribution is 14.1. The van der Waals surface area contributed by atoms with Crippen molar-refractivity contribution in [3.63, 3.8) is 0 Å². The van der Waals surface area contributed by atoms with Gasteiger partial charge in [-0.15, -0.1) is 13.2 Å². The van der Waals surface area contributed by atoms with Gasteiger partial charge in [-0.1, -0.05) is 6.07 Å². The molecule has 0 aliphatic carbocycles. The summed E-state index contributed by atoms with van der Waals surface area (Å²) in [7, 11) is 0. The number of carbonyl (C=O) groups is 1. The molecule has 108 valence electrons. The van der Waals surface area contributed by atoms with Crippen molar-refractivity contribution in [1.29, 1.82) is 5.26 Å². The van der Waals surface area contributed by atoms with E-state index in [1.54, 1.807) is 35.6 Å². The van der Waals surface area contributed by atoms with E-state index in [0.29, 0.717) is 5.56 Å². The molecule has 0 aliphatic heterocycles. The maximum absolute atomic E-state index is 12.2. The van der Waals surface area contributed by atoms with Crippen LogP contribution in [0, 0.1) is 14.9 Å². The van der Waals surface area contributed by atoms with Crippen LogP contribution in [0.2, 0.25) is 0 Å². The Morgan fingerprint density at radius 3 is 2.60 bits per heavy atom. The molecule has 1 rings (SSSR count). The van der Waals surface area contributed by atoms with Crippen LogP contribution in [0.1, 0.15) is 18.1 Å². The van der Waals surface area contributed by atoms with Crippen LogP contribution in [-0.2, 0) is 16.0 Å². The van der Waals surface area contributed by atoms with Crippen molar-refractivity contribution < 1.29 is 27.4 Å². The number of ether oxygens (including phenoxy) is 2. The van der Waals surface area contributed by atoms with E-state index in [2.05, 4.69) is 4.74 Å². The molecular formula is C12H9F3INO3. The fourth-order valence-corrected chi connectivity index (χ4v) is 2.18. The van der Waals surface area contributed by atoms with Gasteiger partial charge in [-0.3, -0.25) is 4.79 Å². The number of hydrogen-bond donors (Lipinski definition) is 0. The Bertz CT molecular complexity index is 552. The minimum Gasteiger partial charge on any atom is -0.466 e. The lowest BCUT2D eigenvalue weighted by atomic mass is 10.1. The Morgan fingerprint density at radius 2 is 2.10 bits per heavy atom. The molecule has 1 aromatic rings. The van der Waals surface area contributed by atoms with Gasteiger partial charge < -0.3 is 9.47 Å². The summed E-state index contributed by atoms with van der Waals surface area (Å²) in [6.45, 7) is 1.85. The normalized spacial score (nSPS) is 10.8. The average Bonchev–Trinajstić information content (AvgIpc) is 2.31. The quantitative estimate of drug-likeness (QED) is 0.577. The summed E-state index contributed by atoms with van der Waals surface area (Å²) >= 11 is 1.70. The molecule has 0 spiro atoms. The number of benzene rings is 1. The van der Waals surface area contributed by atoms with Gasteiger partial charge in [0.1, 0.15) is 17.4 Å². The summed E-state index contributed by atoms with van der Waals surface area (Å²) in [6, 6.07) is 3.97. The summed E-state index contributed by atoms with van der Waals surface area (Å²) in [6.07, 6.45) is -5.00. The maximum atomic E-state index is 12.2. The molecule has 0 saturated carbocycles. The van der Waals surface area contributed by atoms with E-state index in [4.69, 9.17) is 10.00 Å². The lowest BCUT2D eigenvalue weighted by Gasteiger charge is -2.13. The molecule has 1 aromatic carbocycles. The van der Waals surface area contributed by atoms with Crippen molar-refractivity contribution >= 4 is 28.6 Å². The van der Waals surface area contributed by atoms with Crippen molar-refractivity contribution in [2.45, 2.75) is 19.7 Å². The van der Waals surface area contributed by atoms with E-state index in [9.17, 15) is 18.0 Å². The molecule has 8 heteroatoms. The largest absolute Gasteiger partial charge is 0.573 e. The van der Waals surface area contributed by atoms with E-state index >= 15 is 0 Å². The third-order valence-electron chi connectivity index (χ3n) is 2.16. The fraction of sp³-hybridized carbons (Fsp3) is 0.333. The first-order valence-corrected chi connectivity index (χ1v) is 6.49. The zero-order valence-electron chi connectivity index (χ0n) is 10.3. The Kier molecular flexibility index (Phi) is 5.62. The zero-order valence-corrected chi connectivity index (χ0v) is 12.4. The molecule has 0 heterocycles. The van der Waals surface area contributed by atoms with Crippen molar-refractivity contribution in [2.24, 2.45) is 0 Å². The van der Waals surface area contributed by atoms with Crippen LogP contribution in [0.3, 0.4) is 0 Å². The van der Waals surface area contributed by atoms with Crippen LogP contribution in [0.4, 0.5) is 13.2 Å². The second kappa shape index (κ2) is 6.78. The van der Waals surface area contributed by atoms with Crippen molar-refractivity contribution in [2.75, 3.05) is 6.61 Å². The molecule has 0 unspecified atom stereocenters. The third kappa shape index (κ3) is 4.56. The number of alkyl halides is 3. The number of esters is 1. The van der Waals surface area contributed by atoms with Gasteiger partial charge in [-0.2, -0.15) is 5.26 Å². The predicted molar refractivity (Wildman–Crippen MR) is 70.9 cm³/mol. The molecule has 0 fully saturated rings. The zero-order chi connectivity index (χ0) is 15.3. The Hall–Kier alpha value is -1.50. The molecule has 0 bridgehead atoms. The molecule has 0 aromatic heterocycles. The van der Waals surface area contributed by atoms with Gasteiger partial charge in [0.25, 0.3) is 0 Å². The van der Waals surface area contributed by atoms with E-state index < -0.39 is 18.1 Å². The molecular weight excluding hydrogens is 390 g/mol. The number of halogens is 4. The second-order valence-electron chi connectivity index (χ2n) is 3.55. The van der Waals surface area contributed by atoms with E-state index in [1.807, 2.05) is 0 Å². The van der Waals surface area contributed by atoms with Crippen LogP contribution < -0.4 is 4.74 Å². The van der Waals surface area contributed by atoms with Crippen molar-refractivity contribution in [3.05, 3.63) is 26.8 Å². The van der Waals surface area contributed by atoms with E-state index in [-0.39, 0.29) is 22.2 Å². The van der Waals surface area contributed by atoms with Crippen LogP contribution in [0.15, 0.2) is 12.1 Å². The summed E-state index contributed by atoms with van der Waals surface area (Å²) in [5.74, 6) is -1.10. The maximum Gasteiger partial charge on any atom is 0.573 e. The van der Waals surface area contributed by atoms with Gasteiger partial charge in [0.15, 0.2) is 0 Å². The SMILES string of the molecule is CCOC(=O)Cc1ccc(OC(F)(F)F)c(C#N)c1I. The van der Waals surface area contributed by atoms with Gasteiger partial charge in [-0.25, -0.2) is 0 Å². The number of nitrogens with zero attached hydrogens (tertiary/aromatic N) is 1. The molecule has 0 radical (unpaired) electrons. The number of rotatable bonds is 4. The van der Waals surface area contributed by atoms with Gasteiger partial charge in [0.05, 0.1) is 13.0 Å². The predicted octanol–water partition coefficient (Wildman–Crippen LogP) is 3.17. The summed E-state index contributed by atoms with van der Waals surface area (Å²) in [5, 5.41) is 8.94. The molecule has 0 saturated heterocycles. The Labute approximate surface area is 126 Å². The first kappa shape index (κ1) is 16.6. The molecule has 0 N–H and O–H groups in total. The highest BCUT2D eigenvalue weighted by Crippen LogP contribution is 2.31. The van der Waals surface area contributed by atoms with Crippen LogP contribution in [-0.4, -0.2) is 18.9 Å². The first-order chi connectivity index (χ1) is 9.28. The number of carbonyl (C=O) groups excluding carboxylic acids is 1. The molecule has 0 aliphatic rings. The highest BCUT2D eigenvalue weighted by atomic mass is 127. The van der Waals surface area contributed by atoms with Gasteiger partial charge in [0.2, 0.25) is 0 Å². The van der Waals surface area contributed by atoms with Gasteiger partial charge in [-0.05, 0) is 41.1 Å². The average molecular weight is 399 g/mol. The third-order valence-corrected chi connectivity index (χ3v) is 3.39. The van der Waals surface area contributed by atoms with Crippen LogP contribution >= 0.6 is 22.6 Å². The Balaban J connectivity index is 3.09. The topological polar surface area (TPSA) is 59.3 Å². The second-order valence-corrected chi connectivity index (χ2v) is 4.63. The van der Waals surface area contributed by atoms with Crippen molar-refractivity contribution in [3.8, 4) is 11.8 Å². The lowest BCUT2D eigenvalue weighted by Crippen LogP contribution is -2.18. The minimum atomic E-state index is -4.88. The summed E-state index contributed by atoms with van der Waals surface area (Å²) in [5.41, 5.74) is 0.153. The van der Waals surface area contributed by atoms with Crippen LogP contribution in [0.25, 0.3) is 0 Å². The number of nitriles is 1. The van der Waals surface area contributed by atoms with E-state index in [0.717, 1.165) is 6.07 Å². The summed E-state index contributed by atoms with van der Waals surface area (Å²) in [4.78, 5) is 11.4. The van der Waals surface area contributed by atoms with Gasteiger partial charge in [0, 0.05) is 3.57 Å². The molecule has 4 nitrogen and oxygen atoms in total. The van der Waals surface area contributed by atoms with E-state index in [1.165, 1.54) is 6.07 Å². The molecule has 0 atom stereocenters. The lowest BCUT2D eigenvalue weighted by molar-refractivity contribution is -0.274. The summed E-state index contributed by atoms with van der Waals surface area (Å²) < 4.78 is 45.3. The highest BCUT2D eigenvalue weighted by Gasteiger charge is 2.33. The Morgan fingerprint density at radius 1 is 1.45 bits per heavy atom. The van der Waals surface area contributed by atoms with Crippen molar-refractivity contribution in [1.82, 2.24) is 0 Å². The standard InChI is InChI=1S/C12H9F3INO3/c1-2-19-10(18)5-7-3-4-9(20-12(13,14)15)8(6-17)11(7)16/h3-4H,2,5H2,1H3. The number of hydrogen-bond acceptors (Lipinski definition) is 4. The molecule has 20 heavy (non-hydrogen) atoms. The first-order valence-electron chi connectivity index (χ1n) is 5.41. The fourth-order valence-electron chi connectivity index (χ4n) is 1.42. The van der Waals surface area contributed by atoms with Crippen LogP contribution in [0.5, 0.6) is 5.75 Å². The monoisotopic (exact) mass is 399 g/mol. The van der Waals surface area contributed by atoms with Gasteiger partial charge >= 0.3 is 12.3 Å². The molecule has 0 amide bonds. The minimum absolute atomic E-state index is 0.118. The smallest absolute Gasteiger partial charge is 0.466 e.